The third kappa shape index (κ3) is 3.62. The molecule has 1 N–H and O–H groups in total. The molecule has 5 nitrogen and oxygen atoms in total. The van der Waals surface area contributed by atoms with Crippen LogP contribution >= 0.6 is 0 Å². The predicted octanol–water partition coefficient (Wildman–Crippen LogP) is 2.60. The monoisotopic (exact) mass is 361 g/mol. The molecule has 0 saturated carbocycles. The lowest BCUT2D eigenvalue weighted by atomic mass is 10.2. The number of hydrogen-bond acceptors (Lipinski definition) is 4. The smallest absolute Gasteiger partial charge is 0.243 e. The maximum atomic E-state index is 13.7. The Kier molecular flexibility index (Phi) is 5.35. The molecule has 0 aliphatic rings. The van der Waals surface area contributed by atoms with Crippen LogP contribution in [0.2, 0.25) is 0 Å². The number of rotatable bonds is 6. The lowest BCUT2D eigenvalue weighted by Gasteiger charge is -2.12. The van der Waals surface area contributed by atoms with Gasteiger partial charge in [-0.15, -0.1) is 0 Å². The highest BCUT2D eigenvalue weighted by Gasteiger charge is 2.24. The SMILES string of the molecule is COc1ccc(CNS(=O)(=O)c2ccc(F)c(F)c2F)c(OC)c1. The molecule has 9 heteroatoms. The topological polar surface area (TPSA) is 64.6 Å². The molecule has 0 atom stereocenters. The molecule has 2 rings (SSSR count). The fourth-order valence-corrected chi connectivity index (χ4v) is 3.04. The van der Waals surface area contributed by atoms with Gasteiger partial charge in [-0.2, -0.15) is 0 Å². The Labute approximate surface area is 137 Å². The summed E-state index contributed by atoms with van der Waals surface area (Å²) in [6.07, 6.45) is 0. The zero-order valence-electron chi connectivity index (χ0n) is 12.8. The van der Waals surface area contributed by atoms with E-state index in [4.69, 9.17) is 9.47 Å². The Morgan fingerprint density at radius 3 is 2.33 bits per heavy atom. The first-order valence-corrected chi connectivity index (χ1v) is 8.12. The number of methoxy groups -OCH3 is 2. The van der Waals surface area contributed by atoms with Crippen LogP contribution in [-0.2, 0) is 16.6 Å². The Balaban J connectivity index is 2.27. The number of nitrogens with one attached hydrogen (secondary N) is 1. The van der Waals surface area contributed by atoms with Crippen molar-refractivity contribution in [1.82, 2.24) is 4.72 Å². The molecule has 0 saturated heterocycles. The second kappa shape index (κ2) is 7.10. The summed E-state index contributed by atoms with van der Waals surface area (Å²) in [5, 5.41) is 0. The average molecular weight is 361 g/mol. The van der Waals surface area contributed by atoms with E-state index in [9.17, 15) is 21.6 Å². The molecule has 0 aliphatic heterocycles. The minimum absolute atomic E-state index is 0.242. The van der Waals surface area contributed by atoms with Gasteiger partial charge in [0.1, 0.15) is 16.4 Å². The van der Waals surface area contributed by atoms with Crippen LogP contribution in [0.3, 0.4) is 0 Å². The average Bonchev–Trinajstić information content (AvgIpc) is 2.57. The molecule has 0 bridgehead atoms. The standard InChI is InChI=1S/C15H14F3NO4S/c1-22-10-4-3-9(12(7-10)23-2)8-19-24(20,21)13-6-5-11(16)14(17)15(13)18/h3-7,19H,8H2,1-2H3. The normalized spacial score (nSPS) is 11.4. The van der Waals surface area contributed by atoms with E-state index in [1.54, 1.807) is 18.2 Å². The van der Waals surface area contributed by atoms with Crippen molar-refractivity contribution in [2.24, 2.45) is 0 Å². The van der Waals surface area contributed by atoms with E-state index >= 15 is 0 Å². The summed E-state index contributed by atoms with van der Waals surface area (Å²) in [6, 6.07) is 5.89. The van der Waals surface area contributed by atoms with Crippen LogP contribution in [0.25, 0.3) is 0 Å². The third-order valence-corrected chi connectivity index (χ3v) is 4.65. The van der Waals surface area contributed by atoms with Crippen molar-refractivity contribution in [2.75, 3.05) is 14.2 Å². The van der Waals surface area contributed by atoms with Gasteiger partial charge in [-0.1, -0.05) is 6.07 Å². The number of ether oxygens (including phenoxy) is 2. The molecule has 0 aromatic heterocycles. The van der Waals surface area contributed by atoms with Gasteiger partial charge < -0.3 is 9.47 Å². The molecule has 0 aliphatic carbocycles. The largest absolute Gasteiger partial charge is 0.497 e. The van der Waals surface area contributed by atoms with Gasteiger partial charge in [-0.3, -0.25) is 0 Å². The molecule has 0 fully saturated rings. The van der Waals surface area contributed by atoms with Crippen LogP contribution in [0.5, 0.6) is 11.5 Å². The van der Waals surface area contributed by atoms with Crippen LogP contribution in [0, 0.1) is 17.5 Å². The third-order valence-electron chi connectivity index (χ3n) is 3.24. The summed E-state index contributed by atoms with van der Waals surface area (Å²) in [5.41, 5.74) is 0.449. The maximum Gasteiger partial charge on any atom is 0.243 e. The summed E-state index contributed by atoms with van der Waals surface area (Å²) in [6.45, 7) is -0.242. The number of benzene rings is 2. The zero-order valence-corrected chi connectivity index (χ0v) is 13.6. The van der Waals surface area contributed by atoms with E-state index in [-0.39, 0.29) is 6.54 Å². The summed E-state index contributed by atoms with van der Waals surface area (Å²) >= 11 is 0. The van der Waals surface area contributed by atoms with E-state index in [0.29, 0.717) is 29.2 Å². The van der Waals surface area contributed by atoms with E-state index in [1.807, 2.05) is 0 Å². The van der Waals surface area contributed by atoms with Crippen LogP contribution in [0.15, 0.2) is 35.2 Å². The lowest BCUT2D eigenvalue weighted by molar-refractivity contribution is 0.390. The summed E-state index contributed by atoms with van der Waals surface area (Å²) in [4.78, 5) is -0.978. The molecule has 130 valence electrons. The van der Waals surface area contributed by atoms with Crippen molar-refractivity contribution in [2.45, 2.75) is 11.4 Å². The quantitative estimate of drug-likeness (QED) is 0.804. The van der Waals surface area contributed by atoms with Gasteiger partial charge in [0.25, 0.3) is 0 Å². The maximum absolute atomic E-state index is 13.7. The van der Waals surface area contributed by atoms with Gasteiger partial charge in [0.05, 0.1) is 14.2 Å². The van der Waals surface area contributed by atoms with Crippen molar-refractivity contribution < 1.29 is 31.1 Å². The van der Waals surface area contributed by atoms with E-state index < -0.39 is 32.4 Å². The Morgan fingerprint density at radius 2 is 1.71 bits per heavy atom. The highest BCUT2D eigenvalue weighted by Crippen LogP contribution is 2.25. The molecule has 0 radical (unpaired) electrons. The van der Waals surface area contributed by atoms with Crippen molar-refractivity contribution in [3.8, 4) is 11.5 Å². The fraction of sp³-hybridized carbons (Fsp3) is 0.200. The van der Waals surface area contributed by atoms with Gasteiger partial charge in [-0.25, -0.2) is 26.3 Å². The lowest BCUT2D eigenvalue weighted by Crippen LogP contribution is -2.25. The molecule has 24 heavy (non-hydrogen) atoms. The molecule has 2 aromatic rings. The number of halogens is 3. The van der Waals surface area contributed by atoms with E-state index in [0.717, 1.165) is 0 Å². The predicted molar refractivity (Wildman–Crippen MR) is 79.9 cm³/mol. The first-order chi connectivity index (χ1) is 11.3. The fourth-order valence-electron chi connectivity index (χ4n) is 1.96. The molecular formula is C15H14F3NO4S. The Bertz CT molecular complexity index is 856. The van der Waals surface area contributed by atoms with Crippen LogP contribution in [0.1, 0.15) is 5.56 Å². The minimum atomic E-state index is -4.39. The van der Waals surface area contributed by atoms with Gasteiger partial charge in [0, 0.05) is 18.2 Å². The van der Waals surface area contributed by atoms with Crippen molar-refractivity contribution >= 4 is 10.0 Å². The van der Waals surface area contributed by atoms with E-state index in [1.165, 1.54) is 14.2 Å². The highest BCUT2D eigenvalue weighted by atomic mass is 32.2. The Morgan fingerprint density at radius 1 is 1.00 bits per heavy atom. The minimum Gasteiger partial charge on any atom is -0.497 e. The van der Waals surface area contributed by atoms with Gasteiger partial charge >= 0.3 is 0 Å². The molecule has 2 aromatic carbocycles. The first-order valence-electron chi connectivity index (χ1n) is 6.64. The summed E-state index contributed by atoms with van der Waals surface area (Å²) in [5.74, 6) is -4.24. The van der Waals surface area contributed by atoms with Crippen molar-refractivity contribution in [3.63, 3.8) is 0 Å². The molecule has 0 unspecified atom stereocenters. The molecular weight excluding hydrogens is 347 g/mol. The van der Waals surface area contributed by atoms with E-state index in [2.05, 4.69) is 4.72 Å². The molecule has 0 amide bonds. The number of sulfonamides is 1. The van der Waals surface area contributed by atoms with Gasteiger partial charge in [-0.05, 0) is 18.2 Å². The summed E-state index contributed by atoms with van der Waals surface area (Å²) < 4.78 is 76.2. The first kappa shape index (κ1) is 18.1. The Hall–Kier alpha value is -2.26. The van der Waals surface area contributed by atoms with Gasteiger partial charge in [0.15, 0.2) is 17.5 Å². The molecule has 0 spiro atoms. The summed E-state index contributed by atoms with van der Waals surface area (Å²) in [7, 11) is -1.54. The van der Waals surface area contributed by atoms with Gasteiger partial charge in [0.2, 0.25) is 10.0 Å². The highest BCUT2D eigenvalue weighted by molar-refractivity contribution is 7.89. The zero-order chi connectivity index (χ0) is 17.9. The van der Waals surface area contributed by atoms with Crippen molar-refractivity contribution in [1.29, 1.82) is 0 Å². The second-order valence-electron chi connectivity index (χ2n) is 4.68. The molecule has 0 heterocycles. The van der Waals surface area contributed by atoms with Crippen LogP contribution < -0.4 is 14.2 Å². The van der Waals surface area contributed by atoms with Crippen molar-refractivity contribution in [3.05, 3.63) is 53.3 Å². The second-order valence-corrected chi connectivity index (χ2v) is 6.41. The van der Waals surface area contributed by atoms with Crippen LogP contribution in [-0.4, -0.2) is 22.6 Å². The number of hydrogen-bond donors (Lipinski definition) is 1. The van der Waals surface area contributed by atoms with Crippen LogP contribution in [0.4, 0.5) is 13.2 Å².